The predicted octanol–water partition coefficient (Wildman–Crippen LogP) is 5.48. The second-order valence-corrected chi connectivity index (χ2v) is 7.98. The molecule has 0 bridgehead atoms. The lowest BCUT2D eigenvalue weighted by molar-refractivity contribution is -0.121. The number of anilines is 1. The Balaban J connectivity index is 2.20. The average molecular weight is 384 g/mol. The Morgan fingerprint density at radius 2 is 1.81 bits per heavy atom. The highest BCUT2D eigenvalue weighted by Crippen LogP contribution is 2.49. The highest BCUT2D eigenvalue weighted by atomic mass is 35.5. The number of carbonyl (C=O) groups excluding carboxylic acids is 2. The van der Waals surface area contributed by atoms with Gasteiger partial charge in [0.1, 0.15) is 11.0 Å². The number of imide groups is 1. The number of nitrogens with zero attached hydrogens (tertiary/aromatic N) is 1. The van der Waals surface area contributed by atoms with Crippen LogP contribution in [0.15, 0.2) is 61.2 Å². The fourth-order valence-corrected chi connectivity index (χ4v) is 3.60. The largest absolute Gasteiger partial charge is 0.443 e. The maximum absolute atomic E-state index is 13.6. The lowest BCUT2D eigenvalue weighted by Gasteiger charge is -2.29. The summed E-state index contributed by atoms with van der Waals surface area (Å²) in [6.07, 6.45) is 1.37. The molecular formula is C22H22ClNO3. The number of carbonyl (C=O) groups is 2. The third kappa shape index (κ3) is 3.26. The van der Waals surface area contributed by atoms with Gasteiger partial charge < -0.3 is 4.74 Å². The molecule has 1 atom stereocenters. The molecule has 5 heteroatoms. The summed E-state index contributed by atoms with van der Waals surface area (Å²) in [6, 6.07) is 14.4. The van der Waals surface area contributed by atoms with Gasteiger partial charge in [0, 0.05) is 5.02 Å². The molecule has 4 nitrogen and oxygen atoms in total. The van der Waals surface area contributed by atoms with Gasteiger partial charge in [0.15, 0.2) is 0 Å². The predicted molar refractivity (Wildman–Crippen MR) is 107 cm³/mol. The van der Waals surface area contributed by atoms with Gasteiger partial charge in [-0.05, 0) is 56.5 Å². The normalized spacial score (nSPS) is 19.0. The van der Waals surface area contributed by atoms with E-state index in [9.17, 15) is 9.59 Å². The second kappa shape index (κ2) is 6.86. The molecule has 27 heavy (non-hydrogen) atoms. The number of benzene rings is 2. The molecular weight excluding hydrogens is 362 g/mol. The van der Waals surface area contributed by atoms with E-state index >= 15 is 0 Å². The molecule has 2 amide bonds. The lowest BCUT2D eigenvalue weighted by Crippen LogP contribution is -2.45. The molecule has 0 N–H and O–H groups in total. The van der Waals surface area contributed by atoms with Crippen molar-refractivity contribution in [2.75, 3.05) is 4.90 Å². The molecule has 1 heterocycles. The van der Waals surface area contributed by atoms with Gasteiger partial charge in [-0.1, -0.05) is 48.0 Å². The van der Waals surface area contributed by atoms with Crippen molar-refractivity contribution in [2.45, 2.75) is 38.2 Å². The average Bonchev–Trinajstić information content (AvgIpc) is 2.84. The van der Waals surface area contributed by atoms with Crippen LogP contribution in [0.4, 0.5) is 10.5 Å². The van der Waals surface area contributed by atoms with E-state index < -0.39 is 17.1 Å². The fraction of sp³-hybridized carbons (Fsp3) is 0.273. The number of para-hydroxylation sites is 1. The quantitative estimate of drug-likeness (QED) is 0.659. The van der Waals surface area contributed by atoms with E-state index in [1.165, 1.54) is 0 Å². The SMILES string of the molecule is C=CCC1(c2ccc(Cl)cc2)C(=O)N(C(=O)OC(C)(C)C)c2ccccc21. The Morgan fingerprint density at radius 1 is 1.19 bits per heavy atom. The van der Waals surface area contributed by atoms with Gasteiger partial charge in [-0.3, -0.25) is 4.79 Å². The van der Waals surface area contributed by atoms with Crippen LogP contribution >= 0.6 is 11.6 Å². The van der Waals surface area contributed by atoms with Gasteiger partial charge in [-0.15, -0.1) is 6.58 Å². The maximum Gasteiger partial charge on any atom is 0.421 e. The Hall–Kier alpha value is -2.59. The highest BCUT2D eigenvalue weighted by Gasteiger charge is 2.54. The summed E-state index contributed by atoms with van der Waals surface area (Å²) in [5, 5.41) is 0.579. The van der Waals surface area contributed by atoms with Gasteiger partial charge in [0.25, 0.3) is 5.91 Å². The highest BCUT2D eigenvalue weighted by molar-refractivity contribution is 6.30. The van der Waals surface area contributed by atoms with Gasteiger partial charge in [-0.25, -0.2) is 9.69 Å². The van der Waals surface area contributed by atoms with Crippen LogP contribution in [0, 0.1) is 0 Å². The molecule has 0 fully saturated rings. The summed E-state index contributed by atoms with van der Waals surface area (Å²) in [5.74, 6) is -0.347. The Labute approximate surface area is 164 Å². The van der Waals surface area contributed by atoms with Crippen molar-refractivity contribution < 1.29 is 14.3 Å². The van der Waals surface area contributed by atoms with Crippen LogP contribution in [-0.4, -0.2) is 17.6 Å². The topological polar surface area (TPSA) is 46.6 Å². The summed E-state index contributed by atoms with van der Waals surface area (Å²) < 4.78 is 5.49. The molecule has 0 saturated heterocycles. The molecule has 0 aliphatic carbocycles. The van der Waals surface area contributed by atoms with Crippen LogP contribution in [0.2, 0.25) is 5.02 Å². The second-order valence-electron chi connectivity index (χ2n) is 7.54. The van der Waals surface area contributed by atoms with Crippen LogP contribution in [0.25, 0.3) is 0 Å². The van der Waals surface area contributed by atoms with Crippen LogP contribution in [0.1, 0.15) is 38.3 Å². The van der Waals surface area contributed by atoms with Crippen molar-refractivity contribution in [1.29, 1.82) is 0 Å². The third-order valence-corrected chi connectivity index (χ3v) is 4.79. The van der Waals surface area contributed by atoms with E-state index in [4.69, 9.17) is 16.3 Å². The molecule has 0 aromatic heterocycles. The number of hydrogen-bond donors (Lipinski definition) is 0. The minimum Gasteiger partial charge on any atom is -0.443 e. The number of halogens is 1. The van der Waals surface area contributed by atoms with Gasteiger partial charge in [-0.2, -0.15) is 0 Å². The van der Waals surface area contributed by atoms with Crippen molar-refractivity contribution >= 4 is 29.3 Å². The Morgan fingerprint density at radius 3 is 2.41 bits per heavy atom. The monoisotopic (exact) mass is 383 g/mol. The molecule has 0 saturated carbocycles. The molecule has 3 rings (SSSR count). The number of rotatable bonds is 3. The van der Waals surface area contributed by atoms with Crippen LogP contribution in [0.5, 0.6) is 0 Å². The minimum atomic E-state index is -1.04. The lowest BCUT2D eigenvalue weighted by atomic mass is 9.73. The molecule has 2 aromatic rings. The zero-order chi connectivity index (χ0) is 19.8. The standard InChI is InChI=1S/C22H22ClNO3/c1-5-14-22(15-10-12-16(23)13-11-15)17-8-6-7-9-18(17)24(19(22)25)20(26)27-21(2,3)4/h5-13H,1,14H2,2-4H3. The van der Waals surface area contributed by atoms with Crippen LogP contribution < -0.4 is 4.90 Å². The van der Waals surface area contributed by atoms with Crippen molar-refractivity contribution in [3.63, 3.8) is 0 Å². The number of fused-ring (bicyclic) bond motifs is 1. The smallest absolute Gasteiger partial charge is 0.421 e. The molecule has 1 aliphatic heterocycles. The first-order valence-corrected chi connectivity index (χ1v) is 9.12. The van der Waals surface area contributed by atoms with E-state index in [-0.39, 0.29) is 5.91 Å². The van der Waals surface area contributed by atoms with E-state index in [0.29, 0.717) is 17.1 Å². The van der Waals surface area contributed by atoms with Crippen molar-refractivity contribution in [1.82, 2.24) is 0 Å². The van der Waals surface area contributed by atoms with Gasteiger partial charge in [0.2, 0.25) is 0 Å². The first-order chi connectivity index (χ1) is 12.7. The molecule has 0 spiro atoms. The van der Waals surface area contributed by atoms with Crippen molar-refractivity contribution in [3.05, 3.63) is 77.3 Å². The van der Waals surface area contributed by atoms with E-state index in [2.05, 4.69) is 6.58 Å². The summed E-state index contributed by atoms with van der Waals surface area (Å²) >= 11 is 6.04. The van der Waals surface area contributed by atoms with Crippen molar-refractivity contribution in [3.8, 4) is 0 Å². The molecule has 1 aliphatic rings. The van der Waals surface area contributed by atoms with E-state index in [0.717, 1.165) is 16.0 Å². The molecule has 140 valence electrons. The fourth-order valence-electron chi connectivity index (χ4n) is 3.48. The number of allylic oxidation sites excluding steroid dienone is 1. The first-order valence-electron chi connectivity index (χ1n) is 8.75. The van der Waals surface area contributed by atoms with Crippen LogP contribution in [0.3, 0.4) is 0 Å². The van der Waals surface area contributed by atoms with Gasteiger partial charge >= 0.3 is 6.09 Å². The summed E-state index contributed by atoms with van der Waals surface area (Å²) in [5.41, 5.74) is 0.294. The van der Waals surface area contributed by atoms with E-state index in [1.807, 2.05) is 24.3 Å². The Bertz CT molecular complexity index is 899. The molecule has 0 radical (unpaired) electrons. The number of ether oxygens (including phenoxy) is 1. The maximum atomic E-state index is 13.6. The molecule has 2 aromatic carbocycles. The Kier molecular flexibility index (Phi) is 4.87. The van der Waals surface area contributed by atoms with E-state index in [1.54, 1.807) is 51.1 Å². The summed E-state index contributed by atoms with van der Waals surface area (Å²) in [7, 11) is 0. The summed E-state index contributed by atoms with van der Waals surface area (Å²) in [6.45, 7) is 9.15. The molecule has 1 unspecified atom stereocenters. The zero-order valence-electron chi connectivity index (χ0n) is 15.7. The number of amides is 2. The minimum absolute atomic E-state index is 0.347. The summed E-state index contributed by atoms with van der Waals surface area (Å²) in [4.78, 5) is 27.6. The third-order valence-electron chi connectivity index (χ3n) is 4.54. The number of hydrogen-bond acceptors (Lipinski definition) is 3. The van der Waals surface area contributed by atoms with Crippen LogP contribution in [-0.2, 0) is 14.9 Å². The van der Waals surface area contributed by atoms with Gasteiger partial charge in [0.05, 0.1) is 5.69 Å². The van der Waals surface area contributed by atoms with Crippen molar-refractivity contribution in [2.24, 2.45) is 0 Å². The zero-order valence-corrected chi connectivity index (χ0v) is 16.4. The first kappa shape index (κ1) is 19.2.